The minimum atomic E-state index is 0. The number of rotatable bonds is 4. The second kappa shape index (κ2) is 9.97. The number of hydrogen-bond acceptors (Lipinski definition) is 2. The van der Waals surface area contributed by atoms with E-state index in [1.807, 2.05) is 12.3 Å². The maximum Gasteiger partial charge on any atom is 0.191 e. The lowest BCUT2D eigenvalue weighted by molar-refractivity contribution is 0.410. The minimum absolute atomic E-state index is 0. The summed E-state index contributed by atoms with van der Waals surface area (Å²) < 4.78 is 0. The smallest absolute Gasteiger partial charge is 0.191 e. The minimum Gasteiger partial charge on any atom is -0.357 e. The molecule has 0 amide bonds. The van der Waals surface area contributed by atoms with Crippen molar-refractivity contribution in [2.24, 2.45) is 4.99 Å². The van der Waals surface area contributed by atoms with Gasteiger partial charge in [-0.1, -0.05) is 25.3 Å². The van der Waals surface area contributed by atoms with Gasteiger partial charge in [0, 0.05) is 18.8 Å². The van der Waals surface area contributed by atoms with Crippen LogP contribution >= 0.6 is 24.0 Å². The van der Waals surface area contributed by atoms with Gasteiger partial charge in [0.25, 0.3) is 0 Å². The van der Waals surface area contributed by atoms with Gasteiger partial charge in [-0.15, -0.1) is 24.0 Å². The van der Waals surface area contributed by atoms with Crippen molar-refractivity contribution in [1.29, 1.82) is 0 Å². The fraction of sp³-hybridized carbons (Fsp3) is 0.625. The van der Waals surface area contributed by atoms with Crippen LogP contribution in [0.1, 0.15) is 50.3 Å². The number of pyridine rings is 1. The average molecular weight is 402 g/mol. The monoisotopic (exact) mass is 402 g/mol. The molecule has 1 aromatic rings. The van der Waals surface area contributed by atoms with Crippen molar-refractivity contribution >= 4 is 29.9 Å². The van der Waals surface area contributed by atoms with Gasteiger partial charge in [0.1, 0.15) is 0 Å². The van der Waals surface area contributed by atoms with Crippen molar-refractivity contribution in [3.05, 3.63) is 29.6 Å². The predicted octanol–water partition coefficient (Wildman–Crippen LogP) is 3.40. The standard InChI is InChI=1S/C16H26N4.HI/c1-3-17-16(20-14-9-5-4-6-10-14)19-12-15-13(2)8-7-11-18-15;/h7-8,11,14H,3-6,9-10,12H2,1-2H3,(H2,17,19,20);1H. The Hall–Kier alpha value is -0.850. The predicted molar refractivity (Wildman–Crippen MR) is 99.2 cm³/mol. The van der Waals surface area contributed by atoms with E-state index in [-0.39, 0.29) is 24.0 Å². The fourth-order valence-corrected chi connectivity index (χ4v) is 2.60. The number of aryl methyl sites for hydroxylation is 1. The summed E-state index contributed by atoms with van der Waals surface area (Å²) in [5.74, 6) is 0.921. The van der Waals surface area contributed by atoms with E-state index in [1.54, 1.807) is 0 Å². The quantitative estimate of drug-likeness (QED) is 0.461. The van der Waals surface area contributed by atoms with Crippen molar-refractivity contribution in [3.8, 4) is 0 Å². The van der Waals surface area contributed by atoms with E-state index >= 15 is 0 Å². The number of guanidine groups is 1. The molecule has 0 radical (unpaired) electrons. The summed E-state index contributed by atoms with van der Waals surface area (Å²) in [6.45, 7) is 5.71. The normalized spacial score (nSPS) is 16.2. The van der Waals surface area contributed by atoms with E-state index in [1.165, 1.54) is 37.7 Å². The van der Waals surface area contributed by atoms with Crippen molar-refractivity contribution in [2.75, 3.05) is 6.54 Å². The number of nitrogens with zero attached hydrogens (tertiary/aromatic N) is 2. The molecule has 1 fully saturated rings. The molecule has 1 aliphatic carbocycles. The molecule has 0 saturated heterocycles. The molecular formula is C16H27IN4. The van der Waals surface area contributed by atoms with E-state index in [2.05, 4.69) is 40.5 Å². The molecule has 1 aliphatic rings. The Kier molecular flexibility index (Phi) is 8.64. The van der Waals surface area contributed by atoms with Gasteiger partial charge < -0.3 is 10.6 Å². The van der Waals surface area contributed by atoms with Crippen LogP contribution in [0.4, 0.5) is 0 Å². The topological polar surface area (TPSA) is 49.3 Å². The highest BCUT2D eigenvalue weighted by Gasteiger charge is 2.14. The number of aliphatic imine (C=N–C) groups is 1. The third-order valence-electron chi connectivity index (χ3n) is 3.80. The zero-order valence-electron chi connectivity index (χ0n) is 13.1. The lowest BCUT2D eigenvalue weighted by Gasteiger charge is -2.24. The molecule has 21 heavy (non-hydrogen) atoms. The first-order chi connectivity index (χ1) is 9.79. The van der Waals surface area contributed by atoms with Crippen molar-refractivity contribution in [2.45, 2.75) is 58.5 Å². The van der Waals surface area contributed by atoms with Crippen LogP contribution in [0.5, 0.6) is 0 Å². The lowest BCUT2D eigenvalue weighted by atomic mass is 9.96. The van der Waals surface area contributed by atoms with Gasteiger partial charge in [-0.25, -0.2) is 4.99 Å². The molecule has 0 aromatic carbocycles. The Morgan fingerprint density at radius 1 is 1.33 bits per heavy atom. The summed E-state index contributed by atoms with van der Waals surface area (Å²) in [6.07, 6.45) is 8.38. The Morgan fingerprint density at radius 2 is 2.10 bits per heavy atom. The molecule has 118 valence electrons. The number of hydrogen-bond donors (Lipinski definition) is 2. The highest BCUT2D eigenvalue weighted by Crippen LogP contribution is 2.17. The first-order valence-electron chi connectivity index (χ1n) is 7.75. The highest BCUT2D eigenvalue weighted by molar-refractivity contribution is 14.0. The van der Waals surface area contributed by atoms with E-state index in [9.17, 15) is 0 Å². The number of halogens is 1. The third-order valence-corrected chi connectivity index (χ3v) is 3.80. The molecule has 0 spiro atoms. The zero-order valence-corrected chi connectivity index (χ0v) is 15.4. The Bertz CT molecular complexity index is 442. The van der Waals surface area contributed by atoms with Crippen LogP contribution in [0, 0.1) is 6.92 Å². The van der Waals surface area contributed by atoms with E-state index in [4.69, 9.17) is 0 Å². The molecule has 0 bridgehead atoms. The van der Waals surface area contributed by atoms with Gasteiger partial charge in [0.05, 0.1) is 12.2 Å². The van der Waals surface area contributed by atoms with Crippen LogP contribution in [-0.2, 0) is 6.54 Å². The van der Waals surface area contributed by atoms with Gasteiger partial charge in [0.2, 0.25) is 0 Å². The Labute approximate surface area is 145 Å². The number of aromatic nitrogens is 1. The highest BCUT2D eigenvalue weighted by atomic mass is 127. The maximum atomic E-state index is 4.67. The van der Waals surface area contributed by atoms with E-state index in [0.29, 0.717) is 12.6 Å². The maximum absolute atomic E-state index is 4.67. The first-order valence-corrected chi connectivity index (χ1v) is 7.75. The summed E-state index contributed by atoms with van der Waals surface area (Å²) in [7, 11) is 0. The summed E-state index contributed by atoms with van der Waals surface area (Å²) in [5.41, 5.74) is 2.25. The molecule has 0 aliphatic heterocycles. The number of nitrogens with one attached hydrogen (secondary N) is 2. The third kappa shape index (κ3) is 6.20. The van der Waals surface area contributed by atoms with E-state index < -0.39 is 0 Å². The fourth-order valence-electron chi connectivity index (χ4n) is 2.60. The van der Waals surface area contributed by atoms with Crippen LogP contribution in [0.15, 0.2) is 23.3 Å². The molecule has 5 heteroatoms. The van der Waals surface area contributed by atoms with E-state index in [0.717, 1.165) is 18.2 Å². The van der Waals surface area contributed by atoms with Crippen molar-refractivity contribution in [3.63, 3.8) is 0 Å². The second-order valence-electron chi connectivity index (χ2n) is 5.44. The van der Waals surface area contributed by atoms with Crippen LogP contribution in [0.3, 0.4) is 0 Å². The van der Waals surface area contributed by atoms with Gasteiger partial charge in [-0.05, 0) is 38.3 Å². The van der Waals surface area contributed by atoms with Crippen LogP contribution < -0.4 is 10.6 Å². The molecule has 0 unspecified atom stereocenters. The lowest BCUT2D eigenvalue weighted by Crippen LogP contribution is -2.44. The molecule has 2 rings (SSSR count). The summed E-state index contributed by atoms with van der Waals surface area (Å²) in [4.78, 5) is 9.07. The van der Waals surface area contributed by atoms with Crippen LogP contribution in [-0.4, -0.2) is 23.5 Å². The van der Waals surface area contributed by atoms with Gasteiger partial charge in [-0.3, -0.25) is 4.98 Å². The Morgan fingerprint density at radius 3 is 2.76 bits per heavy atom. The van der Waals surface area contributed by atoms with Gasteiger partial charge in [0.15, 0.2) is 5.96 Å². The summed E-state index contributed by atoms with van der Waals surface area (Å²) in [5, 5.41) is 6.89. The van der Waals surface area contributed by atoms with Crippen LogP contribution in [0.2, 0.25) is 0 Å². The molecule has 4 nitrogen and oxygen atoms in total. The van der Waals surface area contributed by atoms with Crippen LogP contribution in [0.25, 0.3) is 0 Å². The molecule has 2 N–H and O–H groups in total. The van der Waals surface area contributed by atoms with Gasteiger partial charge in [-0.2, -0.15) is 0 Å². The van der Waals surface area contributed by atoms with Gasteiger partial charge >= 0.3 is 0 Å². The average Bonchev–Trinajstić information content (AvgIpc) is 2.47. The summed E-state index contributed by atoms with van der Waals surface area (Å²) >= 11 is 0. The van der Waals surface area contributed by atoms with Crippen molar-refractivity contribution in [1.82, 2.24) is 15.6 Å². The zero-order chi connectivity index (χ0) is 14.2. The first kappa shape index (κ1) is 18.2. The Balaban J connectivity index is 0.00000220. The molecule has 1 aromatic heterocycles. The SMILES string of the molecule is CCNC(=NCc1ncccc1C)NC1CCCCC1.I. The summed E-state index contributed by atoms with van der Waals surface area (Å²) in [6, 6.07) is 4.62. The largest absolute Gasteiger partial charge is 0.357 e. The second-order valence-corrected chi connectivity index (χ2v) is 5.44. The van der Waals surface area contributed by atoms with Crippen molar-refractivity contribution < 1.29 is 0 Å². The molecular weight excluding hydrogens is 375 g/mol. The molecule has 1 saturated carbocycles. The molecule has 1 heterocycles. The molecule has 0 atom stereocenters.